The van der Waals surface area contributed by atoms with Gasteiger partial charge in [-0.15, -0.1) is 0 Å². The number of ether oxygens (including phenoxy) is 1. The van der Waals surface area contributed by atoms with Crippen molar-refractivity contribution in [3.8, 4) is 0 Å². The lowest BCUT2D eigenvalue weighted by Crippen LogP contribution is -2.52. The van der Waals surface area contributed by atoms with Gasteiger partial charge in [-0.25, -0.2) is 0 Å². The fourth-order valence-electron chi connectivity index (χ4n) is 1.71. The van der Waals surface area contributed by atoms with Crippen LogP contribution in [0.1, 0.15) is 6.92 Å². The van der Waals surface area contributed by atoms with Crippen molar-refractivity contribution in [2.75, 3.05) is 46.4 Å². The zero-order chi connectivity index (χ0) is 11.1. The first kappa shape index (κ1) is 12.4. The molecule has 0 saturated carbocycles. The lowest BCUT2D eigenvalue weighted by molar-refractivity contribution is -0.122. The van der Waals surface area contributed by atoms with E-state index in [1.807, 2.05) is 0 Å². The van der Waals surface area contributed by atoms with Gasteiger partial charge in [0.15, 0.2) is 0 Å². The summed E-state index contributed by atoms with van der Waals surface area (Å²) >= 11 is 0. The fraction of sp³-hybridized carbons (Fsp3) is 0.900. The van der Waals surface area contributed by atoms with E-state index in [9.17, 15) is 4.79 Å². The number of methoxy groups -OCH3 is 1. The third kappa shape index (κ3) is 5.11. The second-order valence-corrected chi connectivity index (χ2v) is 3.93. The van der Waals surface area contributed by atoms with E-state index in [0.717, 1.165) is 19.6 Å². The molecule has 1 aliphatic rings. The Balaban J connectivity index is 2.13. The predicted octanol–water partition coefficient (Wildman–Crippen LogP) is -0.957. The van der Waals surface area contributed by atoms with Gasteiger partial charge in [0.05, 0.1) is 13.2 Å². The molecule has 1 heterocycles. The summed E-state index contributed by atoms with van der Waals surface area (Å²) in [5.41, 5.74) is 0. The van der Waals surface area contributed by atoms with E-state index in [4.69, 9.17) is 4.74 Å². The van der Waals surface area contributed by atoms with Gasteiger partial charge in [0.1, 0.15) is 0 Å². The topological polar surface area (TPSA) is 53.6 Å². The van der Waals surface area contributed by atoms with Crippen LogP contribution in [0.5, 0.6) is 0 Å². The largest absolute Gasteiger partial charge is 0.383 e. The molecule has 2 N–H and O–H groups in total. The number of nitrogens with zero attached hydrogens (tertiary/aromatic N) is 1. The second-order valence-electron chi connectivity index (χ2n) is 3.93. The Kier molecular flexibility index (Phi) is 5.60. The van der Waals surface area contributed by atoms with Gasteiger partial charge in [-0.1, -0.05) is 0 Å². The molecule has 5 heteroatoms. The van der Waals surface area contributed by atoms with Crippen LogP contribution in [0.25, 0.3) is 0 Å². The van der Waals surface area contributed by atoms with Crippen LogP contribution in [0, 0.1) is 0 Å². The van der Waals surface area contributed by atoms with Crippen molar-refractivity contribution in [3.63, 3.8) is 0 Å². The smallest absolute Gasteiger partial charge is 0.234 e. The number of hydrogen-bond acceptors (Lipinski definition) is 4. The quantitative estimate of drug-likeness (QED) is 0.580. The monoisotopic (exact) mass is 215 g/mol. The second kappa shape index (κ2) is 6.76. The molecule has 0 spiro atoms. The van der Waals surface area contributed by atoms with Gasteiger partial charge in [0, 0.05) is 39.3 Å². The maximum absolute atomic E-state index is 11.5. The maximum Gasteiger partial charge on any atom is 0.234 e. The van der Waals surface area contributed by atoms with E-state index in [-0.39, 0.29) is 5.91 Å². The molecular weight excluding hydrogens is 194 g/mol. The van der Waals surface area contributed by atoms with Gasteiger partial charge in [-0.3, -0.25) is 9.69 Å². The summed E-state index contributed by atoms with van der Waals surface area (Å²) in [6.07, 6.45) is 0. The molecule has 1 rings (SSSR count). The molecule has 0 aromatic rings. The first-order valence-corrected chi connectivity index (χ1v) is 5.43. The number of amides is 1. The van der Waals surface area contributed by atoms with Crippen molar-refractivity contribution < 1.29 is 9.53 Å². The molecule has 0 bridgehead atoms. The highest BCUT2D eigenvalue weighted by Crippen LogP contribution is 1.97. The molecule has 1 atom stereocenters. The zero-order valence-electron chi connectivity index (χ0n) is 9.58. The molecule has 1 saturated heterocycles. The Hall–Kier alpha value is -0.650. The number of hydrogen-bond donors (Lipinski definition) is 2. The third-order valence-electron chi connectivity index (χ3n) is 2.45. The van der Waals surface area contributed by atoms with Gasteiger partial charge >= 0.3 is 0 Å². The van der Waals surface area contributed by atoms with E-state index in [1.54, 1.807) is 7.11 Å². The SMILES string of the molecule is COCCNC(=O)CN1CCNC(C)C1. The van der Waals surface area contributed by atoms with Gasteiger partial charge < -0.3 is 15.4 Å². The van der Waals surface area contributed by atoms with E-state index >= 15 is 0 Å². The van der Waals surface area contributed by atoms with Crippen LogP contribution in [0.2, 0.25) is 0 Å². The summed E-state index contributed by atoms with van der Waals surface area (Å²) in [5, 5.41) is 6.16. The standard InChI is InChI=1S/C10H21N3O2/c1-9-7-13(5-3-11-9)8-10(14)12-4-6-15-2/h9,11H,3-8H2,1-2H3,(H,12,14). The molecule has 15 heavy (non-hydrogen) atoms. The van der Waals surface area contributed by atoms with Crippen LogP contribution < -0.4 is 10.6 Å². The first-order chi connectivity index (χ1) is 7.22. The summed E-state index contributed by atoms with van der Waals surface area (Å²) in [4.78, 5) is 13.6. The van der Waals surface area contributed by atoms with Crippen molar-refractivity contribution in [2.45, 2.75) is 13.0 Å². The summed E-state index contributed by atoms with van der Waals surface area (Å²) in [5.74, 6) is 0.0844. The Bertz CT molecular complexity index is 199. The van der Waals surface area contributed by atoms with Crippen LogP contribution in [-0.2, 0) is 9.53 Å². The Labute approximate surface area is 91.2 Å². The molecule has 0 aliphatic carbocycles. The lowest BCUT2D eigenvalue weighted by Gasteiger charge is -2.31. The first-order valence-electron chi connectivity index (χ1n) is 5.43. The number of carbonyl (C=O) groups is 1. The molecule has 88 valence electrons. The summed E-state index contributed by atoms with van der Waals surface area (Å²) in [6.45, 7) is 6.65. The Morgan fingerprint density at radius 1 is 1.67 bits per heavy atom. The Morgan fingerprint density at radius 2 is 2.47 bits per heavy atom. The average molecular weight is 215 g/mol. The number of piperazine rings is 1. The maximum atomic E-state index is 11.5. The van der Waals surface area contributed by atoms with Gasteiger partial charge in [0.25, 0.3) is 0 Å². The fourth-order valence-corrected chi connectivity index (χ4v) is 1.71. The van der Waals surface area contributed by atoms with Crippen molar-refractivity contribution in [1.82, 2.24) is 15.5 Å². The summed E-state index contributed by atoms with van der Waals surface area (Å²) in [7, 11) is 1.63. The zero-order valence-corrected chi connectivity index (χ0v) is 9.58. The molecule has 5 nitrogen and oxygen atoms in total. The van der Waals surface area contributed by atoms with Gasteiger partial charge in [-0.05, 0) is 6.92 Å². The summed E-state index contributed by atoms with van der Waals surface area (Å²) in [6, 6.07) is 0.477. The van der Waals surface area contributed by atoms with E-state index < -0.39 is 0 Å². The molecule has 1 fully saturated rings. The van der Waals surface area contributed by atoms with Crippen LogP contribution >= 0.6 is 0 Å². The molecule has 0 aromatic heterocycles. The number of carbonyl (C=O) groups excluding carboxylic acids is 1. The summed E-state index contributed by atoms with van der Waals surface area (Å²) < 4.78 is 4.86. The van der Waals surface area contributed by atoms with E-state index in [1.165, 1.54) is 0 Å². The lowest BCUT2D eigenvalue weighted by atomic mass is 10.2. The molecule has 0 radical (unpaired) electrons. The van der Waals surface area contributed by atoms with Crippen LogP contribution in [0.4, 0.5) is 0 Å². The molecular formula is C10H21N3O2. The molecule has 1 amide bonds. The highest BCUT2D eigenvalue weighted by molar-refractivity contribution is 5.78. The van der Waals surface area contributed by atoms with Crippen LogP contribution in [0.3, 0.4) is 0 Å². The van der Waals surface area contributed by atoms with Crippen molar-refractivity contribution >= 4 is 5.91 Å². The third-order valence-corrected chi connectivity index (χ3v) is 2.45. The molecule has 1 aliphatic heterocycles. The minimum atomic E-state index is 0.0844. The minimum absolute atomic E-state index is 0.0844. The van der Waals surface area contributed by atoms with Crippen molar-refractivity contribution in [2.24, 2.45) is 0 Å². The van der Waals surface area contributed by atoms with Crippen molar-refractivity contribution in [3.05, 3.63) is 0 Å². The molecule has 0 aromatic carbocycles. The minimum Gasteiger partial charge on any atom is -0.383 e. The van der Waals surface area contributed by atoms with Gasteiger partial charge in [0.2, 0.25) is 5.91 Å². The predicted molar refractivity (Wildman–Crippen MR) is 58.8 cm³/mol. The normalized spacial score (nSPS) is 22.7. The average Bonchev–Trinajstić information content (AvgIpc) is 2.18. The highest BCUT2D eigenvalue weighted by Gasteiger charge is 2.17. The molecule has 1 unspecified atom stereocenters. The van der Waals surface area contributed by atoms with E-state index in [2.05, 4.69) is 22.5 Å². The van der Waals surface area contributed by atoms with Crippen LogP contribution in [-0.4, -0.2) is 63.3 Å². The Morgan fingerprint density at radius 3 is 3.13 bits per heavy atom. The van der Waals surface area contributed by atoms with Gasteiger partial charge in [-0.2, -0.15) is 0 Å². The van der Waals surface area contributed by atoms with Crippen molar-refractivity contribution in [1.29, 1.82) is 0 Å². The van der Waals surface area contributed by atoms with E-state index in [0.29, 0.717) is 25.7 Å². The van der Waals surface area contributed by atoms with Crippen LogP contribution in [0.15, 0.2) is 0 Å². The highest BCUT2D eigenvalue weighted by atomic mass is 16.5. The number of nitrogens with one attached hydrogen (secondary N) is 2. The number of rotatable bonds is 5.